The van der Waals surface area contributed by atoms with E-state index >= 15 is 0 Å². The third kappa shape index (κ3) is 3.08. The molecular formula is C15H18ClN3O2. The van der Waals surface area contributed by atoms with Gasteiger partial charge in [0.25, 0.3) is 0 Å². The normalized spacial score (nSPS) is 10.9. The minimum atomic E-state index is -0.489. The average molecular weight is 308 g/mol. The number of halogens is 1. The number of ether oxygens (including phenoxy) is 1. The van der Waals surface area contributed by atoms with Gasteiger partial charge in [0.2, 0.25) is 0 Å². The maximum atomic E-state index is 11.9. The van der Waals surface area contributed by atoms with Crippen molar-refractivity contribution in [3.8, 4) is 11.3 Å². The van der Waals surface area contributed by atoms with Crippen LogP contribution >= 0.6 is 11.6 Å². The number of hydrogen-bond acceptors (Lipinski definition) is 4. The second kappa shape index (κ2) is 6.72. The molecule has 0 fully saturated rings. The fraction of sp³-hybridized carbons (Fsp3) is 0.400. The van der Waals surface area contributed by atoms with Gasteiger partial charge in [-0.1, -0.05) is 42.8 Å². The first kappa shape index (κ1) is 15.5. The molecule has 0 aliphatic heterocycles. The second-order valence-corrected chi connectivity index (χ2v) is 5.14. The van der Waals surface area contributed by atoms with Crippen molar-refractivity contribution in [2.45, 2.75) is 32.7 Å². The smallest absolute Gasteiger partial charge is 0.360 e. The number of carbonyl (C=O) groups excluding carboxylic acids is 1. The van der Waals surface area contributed by atoms with Crippen molar-refractivity contribution in [2.75, 3.05) is 7.11 Å². The lowest BCUT2D eigenvalue weighted by Crippen LogP contribution is -2.11. The fourth-order valence-electron chi connectivity index (χ4n) is 2.29. The molecule has 1 aromatic heterocycles. The summed E-state index contributed by atoms with van der Waals surface area (Å²) in [6.45, 7) is 4.17. The fourth-order valence-corrected chi connectivity index (χ4v) is 2.42. The summed E-state index contributed by atoms with van der Waals surface area (Å²) in [4.78, 5) is 11.9. The van der Waals surface area contributed by atoms with E-state index in [0.29, 0.717) is 10.7 Å². The Morgan fingerprint density at radius 2 is 1.90 bits per heavy atom. The zero-order chi connectivity index (χ0) is 15.4. The van der Waals surface area contributed by atoms with Crippen molar-refractivity contribution in [1.82, 2.24) is 15.0 Å². The lowest BCUT2D eigenvalue weighted by molar-refractivity contribution is 0.0595. The van der Waals surface area contributed by atoms with Crippen LogP contribution in [0.4, 0.5) is 0 Å². The Morgan fingerprint density at radius 1 is 1.29 bits per heavy atom. The molecule has 0 aliphatic carbocycles. The Kier molecular flexibility index (Phi) is 4.96. The van der Waals surface area contributed by atoms with E-state index in [1.807, 2.05) is 12.1 Å². The molecule has 0 spiro atoms. The highest BCUT2D eigenvalue weighted by Gasteiger charge is 2.24. The van der Waals surface area contributed by atoms with Gasteiger partial charge in [-0.3, -0.25) is 0 Å². The quantitative estimate of drug-likeness (QED) is 0.789. The molecular weight excluding hydrogens is 290 g/mol. The molecule has 0 bridgehead atoms. The summed E-state index contributed by atoms with van der Waals surface area (Å²) in [5.41, 5.74) is 1.75. The van der Waals surface area contributed by atoms with Crippen LogP contribution in [0.3, 0.4) is 0 Å². The molecule has 0 aliphatic rings. The minimum absolute atomic E-state index is 0.182. The molecule has 5 nitrogen and oxygen atoms in total. The molecule has 0 unspecified atom stereocenters. The molecule has 2 aromatic rings. The summed E-state index contributed by atoms with van der Waals surface area (Å²) in [6.07, 6.45) is 1.81. The predicted octanol–water partition coefficient (Wildman–Crippen LogP) is 3.75. The van der Waals surface area contributed by atoms with E-state index in [9.17, 15) is 4.79 Å². The molecule has 6 heteroatoms. The number of carbonyl (C=O) groups is 1. The molecule has 0 N–H and O–H groups in total. The predicted molar refractivity (Wildman–Crippen MR) is 81.4 cm³/mol. The molecule has 0 saturated heterocycles. The molecule has 0 saturated carbocycles. The van der Waals surface area contributed by atoms with E-state index < -0.39 is 5.97 Å². The van der Waals surface area contributed by atoms with Gasteiger partial charge < -0.3 is 4.74 Å². The summed E-state index contributed by atoms with van der Waals surface area (Å²) in [5.74, 6) is -0.489. The Hall–Kier alpha value is -1.88. The highest BCUT2D eigenvalue weighted by Crippen LogP contribution is 2.29. The zero-order valence-corrected chi connectivity index (χ0v) is 13.1. The molecule has 21 heavy (non-hydrogen) atoms. The third-order valence-corrected chi connectivity index (χ3v) is 3.73. The van der Waals surface area contributed by atoms with Crippen molar-refractivity contribution < 1.29 is 9.53 Å². The van der Waals surface area contributed by atoms with Crippen LogP contribution in [0.1, 0.15) is 43.2 Å². The highest BCUT2D eigenvalue weighted by atomic mass is 35.5. The number of esters is 1. The topological polar surface area (TPSA) is 57.0 Å². The van der Waals surface area contributed by atoms with Gasteiger partial charge >= 0.3 is 5.97 Å². The van der Waals surface area contributed by atoms with Gasteiger partial charge in [-0.2, -0.15) is 0 Å². The van der Waals surface area contributed by atoms with E-state index in [0.717, 1.165) is 18.4 Å². The lowest BCUT2D eigenvalue weighted by atomic mass is 10.1. The monoisotopic (exact) mass is 307 g/mol. The molecule has 0 radical (unpaired) electrons. The highest BCUT2D eigenvalue weighted by molar-refractivity contribution is 6.30. The Morgan fingerprint density at radius 3 is 2.43 bits per heavy atom. The largest absolute Gasteiger partial charge is 0.464 e. The van der Waals surface area contributed by atoms with Crippen LogP contribution in [0, 0.1) is 0 Å². The van der Waals surface area contributed by atoms with Gasteiger partial charge in [0.15, 0.2) is 5.69 Å². The molecule has 0 amide bonds. The third-order valence-electron chi connectivity index (χ3n) is 3.48. The van der Waals surface area contributed by atoms with Gasteiger partial charge in [0, 0.05) is 10.6 Å². The maximum Gasteiger partial charge on any atom is 0.360 e. The first-order valence-corrected chi connectivity index (χ1v) is 7.29. The van der Waals surface area contributed by atoms with Crippen molar-refractivity contribution in [3.05, 3.63) is 35.0 Å². The minimum Gasteiger partial charge on any atom is -0.464 e. The Bertz CT molecular complexity index is 618. The number of hydrogen-bond donors (Lipinski definition) is 0. The number of aromatic nitrogens is 3. The van der Waals surface area contributed by atoms with Gasteiger partial charge in [-0.25, -0.2) is 9.48 Å². The number of benzene rings is 1. The molecule has 0 atom stereocenters. The summed E-state index contributed by atoms with van der Waals surface area (Å²) >= 11 is 5.93. The van der Waals surface area contributed by atoms with E-state index in [1.54, 1.807) is 16.8 Å². The Balaban J connectivity index is 2.60. The SMILES string of the molecule is CCC(CC)n1nnc(C(=O)OC)c1-c1ccc(Cl)cc1. The first-order valence-electron chi connectivity index (χ1n) is 6.91. The number of rotatable bonds is 5. The summed E-state index contributed by atoms with van der Waals surface area (Å²) < 4.78 is 6.60. The average Bonchev–Trinajstić information content (AvgIpc) is 2.93. The molecule has 1 heterocycles. The van der Waals surface area contributed by atoms with Crippen LogP contribution in [0.2, 0.25) is 5.02 Å². The van der Waals surface area contributed by atoms with E-state index in [2.05, 4.69) is 24.2 Å². The van der Waals surface area contributed by atoms with Gasteiger partial charge in [-0.15, -0.1) is 5.10 Å². The first-order chi connectivity index (χ1) is 10.1. The maximum absolute atomic E-state index is 11.9. The van der Waals surface area contributed by atoms with Crippen LogP contribution in [-0.2, 0) is 4.74 Å². The summed E-state index contributed by atoms with van der Waals surface area (Å²) in [7, 11) is 1.34. The van der Waals surface area contributed by atoms with Crippen LogP contribution in [0.25, 0.3) is 11.3 Å². The summed E-state index contributed by atoms with van der Waals surface area (Å²) in [5, 5.41) is 8.81. The standard InChI is InChI=1S/C15H18ClN3O2/c1-4-12(5-2)19-14(10-6-8-11(16)9-7-10)13(17-18-19)15(20)21-3/h6-9,12H,4-5H2,1-3H3. The second-order valence-electron chi connectivity index (χ2n) is 4.70. The van der Waals surface area contributed by atoms with Crippen molar-refractivity contribution in [3.63, 3.8) is 0 Å². The van der Waals surface area contributed by atoms with Crippen molar-refractivity contribution in [2.24, 2.45) is 0 Å². The van der Waals surface area contributed by atoms with Gasteiger partial charge in [0.1, 0.15) is 5.69 Å². The van der Waals surface area contributed by atoms with Crippen LogP contribution in [-0.4, -0.2) is 28.1 Å². The van der Waals surface area contributed by atoms with Crippen LogP contribution in [0.5, 0.6) is 0 Å². The molecule has 112 valence electrons. The van der Waals surface area contributed by atoms with E-state index in [1.165, 1.54) is 7.11 Å². The molecule has 1 aromatic carbocycles. The van der Waals surface area contributed by atoms with Gasteiger partial charge in [-0.05, 0) is 25.0 Å². The molecule has 2 rings (SSSR count). The number of methoxy groups -OCH3 is 1. The van der Waals surface area contributed by atoms with Crippen LogP contribution in [0.15, 0.2) is 24.3 Å². The van der Waals surface area contributed by atoms with Crippen LogP contribution < -0.4 is 0 Å². The Labute approximate surface area is 128 Å². The van der Waals surface area contributed by atoms with Gasteiger partial charge in [0.05, 0.1) is 13.2 Å². The lowest BCUT2D eigenvalue weighted by Gasteiger charge is -2.16. The van der Waals surface area contributed by atoms with E-state index in [-0.39, 0.29) is 11.7 Å². The zero-order valence-electron chi connectivity index (χ0n) is 12.3. The van der Waals surface area contributed by atoms with Crippen molar-refractivity contribution in [1.29, 1.82) is 0 Å². The summed E-state index contributed by atoms with van der Waals surface area (Å²) in [6, 6.07) is 7.45. The van der Waals surface area contributed by atoms with Crippen molar-refractivity contribution >= 4 is 17.6 Å². The number of nitrogens with zero attached hydrogens (tertiary/aromatic N) is 3. The van der Waals surface area contributed by atoms with E-state index in [4.69, 9.17) is 16.3 Å².